The van der Waals surface area contributed by atoms with E-state index in [0.717, 1.165) is 0 Å². The molecule has 0 saturated carbocycles. The van der Waals surface area contributed by atoms with Crippen molar-refractivity contribution in [2.24, 2.45) is 0 Å². The first kappa shape index (κ1) is 17.1. The molecule has 0 unspecified atom stereocenters. The maximum absolute atomic E-state index is 10.5. The second-order valence-electron chi connectivity index (χ2n) is 4.78. The fourth-order valence-corrected chi connectivity index (χ4v) is 2.00. The molecule has 18 heavy (non-hydrogen) atoms. The Morgan fingerprint density at radius 1 is 1.11 bits per heavy atom. The predicted octanol–water partition coefficient (Wildman–Crippen LogP) is 3.98. The number of allylic oxidation sites excluding steroid dienone is 2. The monoisotopic (exact) mass is 251 g/mol. The Hall–Kier alpha value is -0.890. The van der Waals surface area contributed by atoms with Crippen LogP contribution in [0.5, 0.6) is 0 Å². The third-order valence-electron chi connectivity index (χ3n) is 3.02. The highest BCUT2D eigenvalue weighted by atomic mass is 16.1. The summed E-state index contributed by atoms with van der Waals surface area (Å²) < 4.78 is 0. The van der Waals surface area contributed by atoms with Gasteiger partial charge < -0.3 is 4.90 Å². The largest absolute Gasteiger partial charge is 0.303 e. The van der Waals surface area contributed by atoms with Gasteiger partial charge in [-0.3, -0.25) is 4.79 Å². The van der Waals surface area contributed by atoms with Gasteiger partial charge in [0.25, 0.3) is 0 Å². The van der Waals surface area contributed by atoms with E-state index in [1.807, 2.05) is 0 Å². The quantitative estimate of drug-likeness (QED) is 0.480. The van der Waals surface area contributed by atoms with Crippen molar-refractivity contribution < 1.29 is 4.79 Å². The van der Waals surface area contributed by atoms with Crippen LogP contribution in [0.4, 0.5) is 0 Å². The Morgan fingerprint density at radius 2 is 1.67 bits per heavy atom. The minimum absolute atomic E-state index is 0.176. The summed E-state index contributed by atoms with van der Waals surface area (Å²) in [6, 6.07) is 0. The van der Waals surface area contributed by atoms with Gasteiger partial charge in [-0.05, 0) is 38.9 Å². The summed E-state index contributed by atoms with van der Waals surface area (Å²) in [5.74, 6) is 0.176. The SMILES string of the molecule is C=CCC(=O)CC=C.CCCCCN1CCCC1. The number of hydrogen-bond acceptors (Lipinski definition) is 2. The highest BCUT2D eigenvalue weighted by Crippen LogP contribution is 2.08. The van der Waals surface area contributed by atoms with Crippen molar-refractivity contribution >= 4 is 5.78 Å². The second-order valence-corrected chi connectivity index (χ2v) is 4.78. The van der Waals surface area contributed by atoms with Gasteiger partial charge in [-0.1, -0.05) is 31.9 Å². The van der Waals surface area contributed by atoms with E-state index in [4.69, 9.17) is 0 Å². The van der Waals surface area contributed by atoms with Crippen LogP contribution in [0.25, 0.3) is 0 Å². The fraction of sp³-hybridized carbons (Fsp3) is 0.688. The second kappa shape index (κ2) is 12.6. The Kier molecular flexibility index (Phi) is 11.9. The van der Waals surface area contributed by atoms with Gasteiger partial charge in [0.15, 0.2) is 0 Å². The average molecular weight is 251 g/mol. The Bertz CT molecular complexity index is 217. The number of rotatable bonds is 8. The normalized spacial score (nSPS) is 14.7. The molecule has 0 aromatic heterocycles. The molecule has 104 valence electrons. The van der Waals surface area contributed by atoms with Crippen LogP contribution >= 0.6 is 0 Å². The first-order chi connectivity index (χ1) is 8.74. The molecule has 0 bridgehead atoms. The van der Waals surface area contributed by atoms with E-state index < -0.39 is 0 Å². The highest BCUT2D eigenvalue weighted by molar-refractivity contribution is 5.80. The molecule has 1 aliphatic heterocycles. The molecule has 1 aliphatic rings. The predicted molar refractivity (Wildman–Crippen MR) is 79.8 cm³/mol. The molecule has 2 nitrogen and oxygen atoms in total. The standard InChI is InChI=1S/C9H19N.C7H10O/c1-2-3-4-7-10-8-5-6-9-10;1-3-5-7(8)6-4-2/h2-9H2,1H3;3-4H,1-2,5-6H2. The van der Waals surface area contributed by atoms with Gasteiger partial charge >= 0.3 is 0 Å². The van der Waals surface area contributed by atoms with E-state index in [2.05, 4.69) is 25.0 Å². The van der Waals surface area contributed by atoms with E-state index in [-0.39, 0.29) is 5.78 Å². The molecular weight excluding hydrogens is 222 g/mol. The zero-order chi connectivity index (χ0) is 13.6. The lowest BCUT2D eigenvalue weighted by Gasteiger charge is -2.12. The van der Waals surface area contributed by atoms with Crippen molar-refractivity contribution in [3.63, 3.8) is 0 Å². The fourth-order valence-electron chi connectivity index (χ4n) is 2.00. The minimum Gasteiger partial charge on any atom is -0.303 e. The van der Waals surface area contributed by atoms with Crippen molar-refractivity contribution in [3.05, 3.63) is 25.3 Å². The molecule has 0 amide bonds. The maximum Gasteiger partial charge on any atom is 0.140 e. The van der Waals surface area contributed by atoms with Crippen molar-refractivity contribution in [1.29, 1.82) is 0 Å². The molecular formula is C16H29NO. The van der Waals surface area contributed by atoms with Crippen LogP contribution in [-0.4, -0.2) is 30.3 Å². The Labute approximate surface area is 113 Å². The van der Waals surface area contributed by atoms with Crippen LogP contribution in [0, 0.1) is 0 Å². The number of Topliss-reactive ketones (excluding diaryl/α,β-unsaturated/α-hetero) is 1. The topological polar surface area (TPSA) is 20.3 Å². The van der Waals surface area contributed by atoms with Gasteiger partial charge in [0.1, 0.15) is 5.78 Å². The smallest absolute Gasteiger partial charge is 0.140 e. The number of carbonyl (C=O) groups excluding carboxylic acids is 1. The minimum atomic E-state index is 0.176. The van der Waals surface area contributed by atoms with Crippen molar-refractivity contribution in [1.82, 2.24) is 4.90 Å². The van der Waals surface area contributed by atoms with Gasteiger partial charge in [0, 0.05) is 12.8 Å². The molecule has 1 rings (SSSR count). The maximum atomic E-state index is 10.5. The molecule has 0 aromatic carbocycles. The Morgan fingerprint density at radius 3 is 2.11 bits per heavy atom. The number of likely N-dealkylation sites (tertiary alicyclic amines) is 1. The van der Waals surface area contributed by atoms with E-state index in [1.165, 1.54) is 51.7 Å². The summed E-state index contributed by atoms with van der Waals surface area (Å²) in [6.07, 6.45) is 11.2. The lowest BCUT2D eigenvalue weighted by Crippen LogP contribution is -2.20. The summed E-state index contributed by atoms with van der Waals surface area (Å²) in [5.41, 5.74) is 0. The first-order valence-electron chi connectivity index (χ1n) is 7.20. The van der Waals surface area contributed by atoms with Crippen molar-refractivity contribution in [2.75, 3.05) is 19.6 Å². The molecule has 0 aromatic rings. The van der Waals surface area contributed by atoms with Crippen molar-refractivity contribution in [3.8, 4) is 0 Å². The molecule has 1 heterocycles. The summed E-state index contributed by atoms with van der Waals surface area (Å²) in [5, 5.41) is 0. The molecule has 0 N–H and O–H groups in total. The number of nitrogens with zero attached hydrogens (tertiary/aromatic N) is 1. The molecule has 0 spiro atoms. The van der Waals surface area contributed by atoms with Gasteiger partial charge in [-0.15, -0.1) is 13.2 Å². The third kappa shape index (κ3) is 10.3. The van der Waals surface area contributed by atoms with Gasteiger partial charge in [0.2, 0.25) is 0 Å². The van der Waals surface area contributed by atoms with E-state index in [9.17, 15) is 4.79 Å². The summed E-state index contributed by atoms with van der Waals surface area (Å²) in [4.78, 5) is 13.1. The zero-order valence-electron chi connectivity index (χ0n) is 12.0. The lowest BCUT2D eigenvalue weighted by molar-refractivity contribution is -0.117. The highest BCUT2D eigenvalue weighted by Gasteiger charge is 2.09. The van der Waals surface area contributed by atoms with Crippen LogP contribution in [0.1, 0.15) is 51.9 Å². The van der Waals surface area contributed by atoms with Crippen molar-refractivity contribution in [2.45, 2.75) is 51.9 Å². The van der Waals surface area contributed by atoms with E-state index in [0.29, 0.717) is 12.8 Å². The molecule has 0 atom stereocenters. The summed E-state index contributed by atoms with van der Waals surface area (Å²) in [7, 11) is 0. The number of unbranched alkanes of at least 4 members (excludes halogenated alkanes) is 2. The molecule has 1 fully saturated rings. The van der Waals surface area contributed by atoms with Gasteiger partial charge in [0.05, 0.1) is 0 Å². The van der Waals surface area contributed by atoms with Gasteiger partial charge in [-0.25, -0.2) is 0 Å². The molecule has 2 heteroatoms. The van der Waals surface area contributed by atoms with Crippen LogP contribution in [0.2, 0.25) is 0 Å². The molecule has 0 aliphatic carbocycles. The first-order valence-corrected chi connectivity index (χ1v) is 7.20. The number of carbonyl (C=O) groups is 1. The lowest BCUT2D eigenvalue weighted by atomic mass is 10.2. The van der Waals surface area contributed by atoms with Crippen LogP contribution in [0.3, 0.4) is 0 Å². The molecule has 1 saturated heterocycles. The van der Waals surface area contributed by atoms with Crippen LogP contribution in [0.15, 0.2) is 25.3 Å². The summed E-state index contributed by atoms with van der Waals surface area (Å²) in [6.45, 7) is 13.2. The van der Waals surface area contributed by atoms with E-state index >= 15 is 0 Å². The number of ketones is 1. The average Bonchev–Trinajstić information content (AvgIpc) is 2.84. The van der Waals surface area contributed by atoms with Crippen LogP contribution < -0.4 is 0 Å². The van der Waals surface area contributed by atoms with Crippen LogP contribution in [-0.2, 0) is 4.79 Å². The van der Waals surface area contributed by atoms with Gasteiger partial charge in [-0.2, -0.15) is 0 Å². The third-order valence-corrected chi connectivity index (χ3v) is 3.02. The number of hydrogen-bond donors (Lipinski definition) is 0. The Balaban J connectivity index is 0.000000331. The zero-order valence-corrected chi connectivity index (χ0v) is 12.0. The van der Waals surface area contributed by atoms with E-state index in [1.54, 1.807) is 12.2 Å². The summed E-state index contributed by atoms with van der Waals surface area (Å²) >= 11 is 0. The molecule has 0 radical (unpaired) electrons.